The summed E-state index contributed by atoms with van der Waals surface area (Å²) >= 11 is 0. The van der Waals surface area contributed by atoms with Crippen molar-refractivity contribution in [2.45, 2.75) is 33.6 Å². The van der Waals surface area contributed by atoms with Gasteiger partial charge in [0, 0.05) is 22.6 Å². The fraction of sp³-hybridized carbons (Fsp3) is 0.147. The molecule has 0 saturated heterocycles. The number of benzene rings is 4. The minimum Gasteiger partial charge on any atom is -0.478 e. The van der Waals surface area contributed by atoms with E-state index in [2.05, 4.69) is 97.6 Å². The topological polar surface area (TPSA) is 40.5 Å². The van der Waals surface area contributed by atoms with Crippen molar-refractivity contribution in [3.05, 3.63) is 130 Å². The lowest BCUT2D eigenvalue weighted by Crippen LogP contribution is -2.10. The lowest BCUT2D eigenvalue weighted by atomic mass is 10.0. The largest absolute Gasteiger partial charge is 0.478 e. The van der Waals surface area contributed by atoms with Gasteiger partial charge in [-0.3, -0.25) is 0 Å². The number of nitrogens with zero attached hydrogens (tertiary/aromatic N) is 1. The van der Waals surface area contributed by atoms with Gasteiger partial charge in [0.25, 0.3) is 0 Å². The lowest BCUT2D eigenvalue weighted by molar-refractivity contribution is -0.132. The molecular weight excluding hydrogens is 454 g/mol. The highest BCUT2D eigenvalue weighted by Gasteiger charge is 2.13. The molecule has 37 heavy (non-hydrogen) atoms. The molecule has 0 saturated carbocycles. The third-order valence-electron chi connectivity index (χ3n) is 6.37. The van der Waals surface area contributed by atoms with Gasteiger partial charge in [0.15, 0.2) is 0 Å². The summed E-state index contributed by atoms with van der Waals surface area (Å²) < 4.78 is 0. The molecule has 3 heteroatoms. The molecule has 3 nitrogen and oxygen atoms in total. The van der Waals surface area contributed by atoms with Gasteiger partial charge in [0.2, 0.25) is 0 Å². The minimum atomic E-state index is -0.901. The highest BCUT2D eigenvalue weighted by molar-refractivity contribution is 5.91. The van der Waals surface area contributed by atoms with Crippen LogP contribution in [0.5, 0.6) is 0 Å². The van der Waals surface area contributed by atoms with Crippen LogP contribution in [-0.4, -0.2) is 11.1 Å². The van der Waals surface area contributed by atoms with E-state index in [4.69, 9.17) is 5.11 Å². The van der Waals surface area contributed by atoms with Crippen molar-refractivity contribution < 1.29 is 9.90 Å². The fourth-order valence-corrected chi connectivity index (χ4v) is 4.31. The molecule has 186 valence electrons. The quantitative estimate of drug-likeness (QED) is 0.189. The first-order valence-electron chi connectivity index (χ1n) is 12.7. The molecule has 0 radical (unpaired) electrons. The smallest absolute Gasteiger partial charge is 0.331 e. The Morgan fingerprint density at radius 2 is 1.41 bits per heavy atom. The first-order valence-corrected chi connectivity index (χ1v) is 12.7. The zero-order valence-corrected chi connectivity index (χ0v) is 21.7. The van der Waals surface area contributed by atoms with Crippen LogP contribution in [0.2, 0.25) is 0 Å². The number of carboxylic acids is 1. The average Bonchev–Trinajstić information content (AvgIpc) is 2.91. The van der Waals surface area contributed by atoms with Crippen molar-refractivity contribution in [1.82, 2.24) is 0 Å². The van der Waals surface area contributed by atoms with Gasteiger partial charge in [-0.2, -0.15) is 0 Å². The fourth-order valence-electron chi connectivity index (χ4n) is 4.31. The summed E-state index contributed by atoms with van der Waals surface area (Å²) in [5.74, 6) is -0.901. The van der Waals surface area contributed by atoms with Crippen molar-refractivity contribution in [1.29, 1.82) is 0 Å². The second-order valence-corrected chi connectivity index (χ2v) is 9.26. The third-order valence-corrected chi connectivity index (χ3v) is 6.37. The van der Waals surface area contributed by atoms with Crippen LogP contribution in [0.3, 0.4) is 0 Å². The highest BCUT2D eigenvalue weighted by atomic mass is 16.4. The maximum atomic E-state index is 11.0. The van der Waals surface area contributed by atoms with E-state index >= 15 is 0 Å². The molecule has 4 aromatic rings. The first kappa shape index (κ1) is 25.7. The molecule has 0 bridgehead atoms. The number of carboxylic acid groups (broad SMARTS) is 1. The number of carbonyl (C=O) groups is 1. The second-order valence-electron chi connectivity index (χ2n) is 9.26. The molecule has 0 aromatic heterocycles. The van der Waals surface area contributed by atoms with Crippen LogP contribution in [0.25, 0.3) is 18.2 Å². The molecule has 1 N–H and O–H groups in total. The molecule has 0 atom stereocenters. The summed E-state index contributed by atoms with van der Waals surface area (Å²) in [6, 6.07) is 33.8. The maximum absolute atomic E-state index is 11.0. The predicted molar refractivity (Wildman–Crippen MR) is 157 cm³/mol. The molecule has 4 aromatic carbocycles. The summed E-state index contributed by atoms with van der Waals surface area (Å²) in [6.07, 6.45) is 8.11. The molecule has 0 aliphatic rings. The van der Waals surface area contributed by atoms with Crippen LogP contribution >= 0.6 is 0 Å². The Labute approximate surface area is 220 Å². The Morgan fingerprint density at radius 1 is 0.784 bits per heavy atom. The van der Waals surface area contributed by atoms with Gasteiger partial charge in [-0.15, -0.1) is 0 Å². The molecular formula is C34H33NO2. The van der Waals surface area contributed by atoms with Crippen molar-refractivity contribution in [2.75, 3.05) is 4.90 Å². The molecule has 0 fully saturated rings. The normalized spacial score (nSPS) is 11.6. The van der Waals surface area contributed by atoms with E-state index in [9.17, 15) is 4.79 Å². The third kappa shape index (κ3) is 6.65. The molecule has 0 aliphatic heterocycles. The Hall–Kier alpha value is -4.37. The standard InChI is InChI=1S/C34H33NO2/c1-4-8-27-16-20-32(21-17-27)35(31-9-6-5-7-10-31)33-22-19-30(25(2)24-33)18-15-28-11-13-29(14-12-28)23-26(3)34(36)37/h5-7,9-24H,4,8H2,1-3H3,(H,36,37)/b18-15?,26-23+. The van der Waals surface area contributed by atoms with E-state index < -0.39 is 5.97 Å². The van der Waals surface area contributed by atoms with Gasteiger partial charge in [0.1, 0.15) is 0 Å². The summed E-state index contributed by atoms with van der Waals surface area (Å²) in [6.45, 7) is 5.95. The average molecular weight is 488 g/mol. The van der Waals surface area contributed by atoms with E-state index in [1.165, 1.54) is 11.1 Å². The SMILES string of the molecule is CCCc1ccc(N(c2ccccc2)c2ccc(C=Cc3ccc(/C=C(\C)C(=O)O)cc3)c(C)c2)cc1. The number of hydrogen-bond donors (Lipinski definition) is 1. The molecule has 0 amide bonds. The summed E-state index contributed by atoms with van der Waals surface area (Å²) in [5.41, 5.74) is 9.34. The Morgan fingerprint density at radius 3 is 2.03 bits per heavy atom. The van der Waals surface area contributed by atoms with Crippen molar-refractivity contribution in [2.24, 2.45) is 0 Å². The van der Waals surface area contributed by atoms with Crippen LogP contribution in [-0.2, 0) is 11.2 Å². The number of aliphatic carboxylic acids is 1. The van der Waals surface area contributed by atoms with Gasteiger partial charge >= 0.3 is 5.97 Å². The molecule has 0 aliphatic carbocycles. The van der Waals surface area contributed by atoms with Crippen LogP contribution in [0.15, 0.2) is 103 Å². The van der Waals surface area contributed by atoms with E-state index in [-0.39, 0.29) is 0 Å². The number of rotatable bonds is 9. The van der Waals surface area contributed by atoms with E-state index in [0.717, 1.165) is 46.6 Å². The van der Waals surface area contributed by atoms with Gasteiger partial charge in [-0.05, 0) is 90.6 Å². The van der Waals surface area contributed by atoms with Crippen molar-refractivity contribution in [3.63, 3.8) is 0 Å². The molecule has 0 spiro atoms. The van der Waals surface area contributed by atoms with E-state index in [1.807, 2.05) is 30.3 Å². The van der Waals surface area contributed by atoms with Crippen molar-refractivity contribution in [3.8, 4) is 0 Å². The van der Waals surface area contributed by atoms with Gasteiger partial charge in [0.05, 0.1) is 0 Å². The monoisotopic (exact) mass is 487 g/mol. The summed E-state index contributed by atoms with van der Waals surface area (Å²) in [4.78, 5) is 13.3. The summed E-state index contributed by atoms with van der Waals surface area (Å²) in [7, 11) is 0. The Balaban J connectivity index is 1.59. The van der Waals surface area contributed by atoms with E-state index in [0.29, 0.717) is 5.57 Å². The lowest BCUT2D eigenvalue weighted by Gasteiger charge is -2.26. The van der Waals surface area contributed by atoms with Gasteiger partial charge in [-0.25, -0.2) is 4.79 Å². The zero-order valence-electron chi connectivity index (χ0n) is 21.7. The Kier molecular flexibility index (Phi) is 8.37. The predicted octanol–water partition coefficient (Wildman–Crippen LogP) is 9.08. The second kappa shape index (κ2) is 12.0. The van der Waals surface area contributed by atoms with E-state index in [1.54, 1.807) is 13.0 Å². The molecule has 0 unspecified atom stereocenters. The van der Waals surface area contributed by atoms with Crippen molar-refractivity contribution >= 4 is 41.3 Å². The number of hydrogen-bond acceptors (Lipinski definition) is 2. The Bertz CT molecular complexity index is 1400. The van der Waals surface area contributed by atoms with Crippen LogP contribution < -0.4 is 4.90 Å². The minimum absolute atomic E-state index is 0.320. The number of aryl methyl sites for hydroxylation is 2. The summed E-state index contributed by atoms with van der Waals surface area (Å²) in [5, 5.41) is 9.07. The maximum Gasteiger partial charge on any atom is 0.331 e. The molecule has 0 heterocycles. The number of para-hydroxylation sites is 1. The first-order chi connectivity index (χ1) is 17.9. The van der Waals surface area contributed by atoms with Crippen LogP contribution in [0.1, 0.15) is 48.1 Å². The number of anilines is 3. The molecule has 4 rings (SSSR count). The van der Waals surface area contributed by atoms with Gasteiger partial charge in [-0.1, -0.05) is 86.2 Å². The van der Waals surface area contributed by atoms with Crippen LogP contribution in [0, 0.1) is 6.92 Å². The van der Waals surface area contributed by atoms with Crippen LogP contribution in [0.4, 0.5) is 17.1 Å². The highest BCUT2D eigenvalue weighted by Crippen LogP contribution is 2.35. The zero-order chi connectivity index (χ0) is 26.2. The van der Waals surface area contributed by atoms with Gasteiger partial charge < -0.3 is 10.0 Å².